The Labute approximate surface area is 164 Å². The van der Waals surface area contributed by atoms with Crippen molar-refractivity contribution in [2.45, 2.75) is 19.8 Å². The molecule has 140 valence electrons. The minimum absolute atomic E-state index is 0.628. The fourth-order valence-electron chi connectivity index (χ4n) is 2.79. The Morgan fingerprint density at radius 3 is 2.56 bits per heavy atom. The molecule has 0 aliphatic carbocycles. The highest BCUT2D eigenvalue weighted by atomic mass is 35.5. The third kappa shape index (κ3) is 5.59. The lowest BCUT2D eigenvalue weighted by Gasteiger charge is -2.13. The van der Waals surface area contributed by atoms with E-state index in [0.717, 1.165) is 30.9 Å². The maximum atomic E-state index is 6.10. The molecule has 0 unspecified atom stereocenters. The number of hydrogen-bond acceptors (Lipinski definition) is 5. The zero-order chi connectivity index (χ0) is 19.1. The Morgan fingerprint density at radius 1 is 1.00 bits per heavy atom. The smallest absolute Gasteiger partial charge is 0.142 e. The second kappa shape index (κ2) is 9.24. The van der Waals surface area contributed by atoms with Crippen LogP contribution in [0.5, 0.6) is 5.75 Å². The van der Waals surface area contributed by atoms with E-state index in [9.17, 15) is 0 Å². The van der Waals surface area contributed by atoms with E-state index in [1.165, 1.54) is 5.56 Å². The van der Waals surface area contributed by atoms with Crippen LogP contribution in [0, 0.1) is 6.92 Å². The van der Waals surface area contributed by atoms with Gasteiger partial charge in [0.15, 0.2) is 0 Å². The van der Waals surface area contributed by atoms with Crippen molar-refractivity contribution in [1.82, 2.24) is 9.97 Å². The summed E-state index contributed by atoms with van der Waals surface area (Å²) in [6, 6.07) is 17.8. The minimum atomic E-state index is 0.628. The number of nitrogens with one attached hydrogen (secondary N) is 2. The van der Waals surface area contributed by atoms with Crippen LogP contribution in [-0.4, -0.2) is 23.6 Å². The van der Waals surface area contributed by atoms with Crippen molar-refractivity contribution < 1.29 is 4.74 Å². The lowest BCUT2D eigenvalue weighted by atomic mass is 10.1. The third-order valence-corrected chi connectivity index (χ3v) is 4.29. The van der Waals surface area contributed by atoms with Crippen molar-refractivity contribution in [3.05, 3.63) is 71.0 Å². The molecule has 0 atom stereocenters. The van der Waals surface area contributed by atoms with Crippen LogP contribution in [0.2, 0.25) is 5.02 Å². The first-order chi connectivity index (χ1) is 13.1. The average molecular weight is 383 g/mol. The molecule has 6 heteroatoms. The number of rotatable bonds is 8. The van der Waals surface area contributed by atoms with Gasteiger partial charge in [-0.1, -0.05) is 41.9 Å². The number of anilines is 3. The van der Waals surface area contributed by atoms with E-state index in [2.05, 4.69) is 44.9 Å². The predicted molar refractivity (Wildman–Crippen MR) is 111 cm³/mol. The number of aromatic nitrogens is 2. The molecule has 1 aromatic heterocycles. The van der Waals surface area contributed by atoms with Crippen LogP contribution < -0.4 is 15.4 Å². The highest BCUT2D eigenvalue weighted by Gasteiger charge is 2.07. The minimum Gasteiger partial charge on any atom is -0.495 e. The molecule has 3 rings (SSSR count). The molecule has 0 saturated carbocycles. The maximum Gasteiger partial charge on any atom is 0.142 e. The summed E-state index contributed by atoms with van der Waals surface area (Å²) < 4.78 is 5.37. The molecular formula is C21H23ClN4O. The summed E-state index contributed by atoms with van der Waals surface area (Å²) in [6.07, 6.45) is 2.06. The standard InChI is InChI=1S/C21H23ClN4O/c1-15-24-20(23-12-6-9-16-7-4-3-5-8-16)14-21(25-15)26-18-13-17(22)10-11-19(18)27-2/h3-5,7-8,10-11,13-14H,6,9,12H2,1-2H3,(H2,23,24,25,26). The van der Waals surface area contributed by atoms with Crippen molar-refractivity contribution in [1.29, 1.82) is 0 Å². The monoisotopic (exact) mass is 382 g/mol. The van der Waals surface area contributed by atoms with Crippen LogP contribution in [-0.2, 0) is 6.42 Å². The van der Waals surface area contributed by atoms with Crippen molar-refractivity contribution in [3.63, 3.8) is 0 Å². The number of halogens is 1. The van der Waals surface area contributed by atoms with E-state index in [4.69, 9.17) is 16.3 Å². The Morgan fingerprint density at radius 2 is 1.78 bits per heavy atom. The van der Waals surface area contributed by atoms with Crippen molar-refractivity contribution >= 4 is 28.9 Å². The van der Waals surface area contributed by atoms with Crippen LogP contribution in [0.25, 0.3) is 0 Å². The number of methoxy groups -OCH3 is 1. The molecule has 0 radical (unpaired) electrons. The first-order valence-corrected chi connectivity index (χ1v) is 9.26. The fourth-order valence-corrected chi connectivity index (χ4v) is 2.96. The van der Waals surface area contributed by atoms with Crippen molar-refractivity contribution in [2.24, 2.45) is 0 Å². The van der Waals surface area contributed by atoms with Gasteiger partial charge in [0.05, 0.1) is 12.8 Å². The van der Waals surface area contributed by atoms with Crippen molar-refractivity contribution in [2.75, 3.05) is 24.3 Å². The molecule has 5 nitrogen and oxygen atoms in total. The van der Waals surface area contributed by atoms with E-state index in [-0.39, 0.29) is 0 Å². The summed E-state index contributed by atoms with van der Waals surface area (Å²) in [7, 11) is 1.62. The van der Waals surface area contributed by atoms with Gasteiger partial charge in [-0.25, -0.2) is 9.97 Å². The molecule has 1 heterocycles. The number of aryl methyl sites for hydroxylation is 2. The average Bonchev–Trinajstić information content (AvgIpc) is 2.66. The molecule has 2 aromatic carbocycles. The van der Waals surface area contributed by atoms with Crippen LogP contribution >= 0.6 is 11.6 Å². The summed E-state index contributed by atoms with van der Waals surface area (Å²) in [5, 5.41) is 7.26. The molecule has 3 aromatic rings. The molecule has 0 aliphatic heterocycles. The molecule has 0 fully saturated rings. The first-order valence-electron chi connectivity index (χ1n) is 8.88. The van der Waals surface area contributed by atoms with Gasteiger partial charge < -0.3 is 15.4 Å². The predicted octanol–water partition coefficient (Wildman–Crippen LogP) is 5.24. The Kier molecular flexibility index (Phi) is 6.49. The molecule has 0 bridgehead atoms. The second-order valence-corrected chi connectivity index (χ2v) is 6.61. The lowest BCUT2D eigenvalue weighted by Crippen LogP contribution is -2.07. The van der Waals surface area contributed by atoms with E-state index in [1.54, 1.807) is 13.2 Å². The fraction of sp³-hybridized carbons (Fsp3) is 0.238. The van der Waals surface area contributed by atoms with Gasteiger partial charge in [0.1, 0.15) is 23.2 Å². The van der Waals surface area contributed by atoms with Crippen LogP contribution in [0.1, 0.15) is 17.8 Å². The molecule has 0 saturated heterocycles. The number of hydrogen-bond donors (Lipinski definition) is 2. The van der Waals surface area contributed by atoms with Gasteiger partial charge in [0, 0.05) is 17.6 Å². The molecule has 27 heavy (non-hydrogen) atoms. The Bertz CT molecular complexity index is 887. The molecule has 0 aliphatic rings. The zero-order valence-electron chi connectivity index (χ0n) is 15.5. The summed E-state index contributed by atoms with van der Waals surface area (Å²) in [5.74, 6) is 2.87. The third-order valence-electron chi connectivity index (χ3n) is 4.05. The lowest BCUT2D eigenvalue weighted by molar-refractivity contribution is 0.417. The van der Waals surface area contributed by atoms with Gasteiger partial charge in [-0.05, 0) is 43.5 Å². The van der Waals surface area contributed by atoms with Crippen molar-refractivity contribution in [3.8, 4) is 5.75 Å². The SMILES string of the molecule is COc1ccc(Cl)cc1Nc1cc(NCCCc2ccccc2)nc(C)n1. The number of nitrogens with zero attached hydrogens (tertiary/aromatic N) is 2. The first kappa shape index (κ1) is 19.0. The van der Waals surface area contributed by atoms with Crippen LogP contribution in [0.4, 0.5) is 17.3 Å². The molecule has 0 amide bonds. The topological polar surface area (TPSA) is 59.1 Å². The van der Waals surface area contributed by atoms with Gasteiger partial charge >= 0.3 is 0 Å². The second-order valence-electron chi connectivity index (χ2n) is 6.17. The zero-order valence-corrected chi connectivity index (χ0v) is 16.3. The van der Waals surface area contributed by atoms with E-state index < -0.39 is 0 Å². The van der Waals surface area contributed by atoms with E-state index >= 15 is 0 Å². The van der Waals surface area contributed by atoms with Gasteiger partial charge in [-0.2, -0.15) is 0 Å². The summed E-state index contributed by atoms with van der Waals surface area (Å²) >= 11 is 6.10. The Hall–Kier alpha value is -2.79. The summed E-state index contributed by atoms with van der Waals surface area (Å²) in [4.78, 5) is 8.91. The van der Waals surface area contributed by atoms with Crippen LogP contribution in [0.3, 0.4) is 0 Å². The number of ether oxygens (including phenoxy) is 1. The van der Waals surface area contributed by atoms with E-state index in [1.807, 2.05) is 31.2 Å². The largest absolute Gasteiger partial charge is 0.495 e. The van der Waals surface area contributed by atoms with Gasteiger partial charge in [0.2, 0.25) is 0 Å². The van der Waals surface area contributed by atoms with Gasteiger partial charge in [0.25, 0.3) is 0 Å². The molecular weight excluding hydrogens is 360 g/mol. The quantitative estimate of drug-likeness (QED) is 0.522. The van der Waals surface area contributed by atoms with E-state index in [0.29, 0.717) is 22.4 Å². The summed E-state index contributed by atoms with van der Waals surface area (Å²) in [5.41, 5.74) is 2.10. The van der Waals surface area contributed by atoms with Gasteiger partial charge in [-0.3, -0.25) is 0 Å². The normalized spacial score (nSPS) is 10.5. The Balaban J connectivity index is 1.63. The molecule has 2 N–H and O–H groups in total. The highest BCUT2D eigenvalue weighted by molar-refractivity contribution is 6.31. The highest BCUT2D eigenvalue weighted by Crippen LogP contribution is 2.30. The summed E-state index contributed by atoms with van der Waals surface area (Å²) in [6.45, 7) is 2.71. The van der Waals surface area contributed by atoms with Gasteiger partial charge in [-0.15, -0.1) is 0 Å². The number of benzene rings is 2. The van der Waals surface area contributed by atoms with Crippen LogP contribution in [0.15, 0.2) is 54.6 Å². The maximum absolute atomic E-state index is 6.10. The molecule has 0 spiro atoms.